The van der Waals surface area contributed by atoms with Gasteiger partial charge in [-0.3, -0.25) is 9.59 Å². The molecule has 0 atom stereocenters. The molecule has 1 aromatic heterocycles. The summed E-state index contributed by atoms with van der Waals surface area (Å²) in [7, 11) is 0. The summed E-state index contributed by atoms with van der Waals surface area (Å²) in [5, 5.41) is 13.8. The zero-order valence-electron chi connectivity index (χ0n) is 11.8. The average Bonchev–Trinajstić information content (AvgIpc) is 3.07. The highest BCUT2D eigenvalue weighted by Crippen LogP contribution is 2.07. The first kappa shape index (κ1) is 15.5. The van der Waals surface area contributed by atoms with Gasteiger partial charge < -0.3 is 20.2 Å². The van der Waals surface area contributed by atoms with Crippen LogP contribution >= 0.6 is 0 Å². The number of carbonyl (C=O) groups excluding carboxylic acids is 2. The summed E-state index contributed by atoms with van der Waals surface area (Å²) in [6, 6.07) is 12.2. The Balaban J connectivity index is 2.19. The first-order valence-corrected chi connectivity index (χ1v) is 6.71. The molecular formula is C16H16N2O4. The van der Waals surface area contributed by atoms with Crippen molar-refractivity contribution in [3.63, 3.8) is 0 Å². The van der Waals surface area contributed by atoms with Crippen molar-refractivity contribution in [1.82, 2.24) is 10.6 Å². The molecule has 22 heavy (non-hydrogen) atoms. The zero-order valence-corrected chi connectivity index (χ0v) is 11.8. The standard InChI is InChI=1S/C16H16N2O4/c19-9-8-17-15(20)13(11-12-5-2-1-3-6-12)18-16(21)14-7-4-10-22-14/h1-7,10-11,19H,8-9H2,(H,17,20)(H,18,21)/b13-11-. The number of furan rings is 1. The number of aliphatic hydroxyl groups excluding tert-OH is 1. The molecule has 2 amide bonds. The fourth-order valence-corrected chi connectivity index (χ4v) is 1.73. The van der Waals surface area contributed by atoms with Crippen LogP contribution in [0.25, 0.3) is 6.08 Å². The first-order chi connectivity index (χ1) is 10.7. The Morgan fingerprint density at radius 1 is 1.14 bits per heavy atom. The van der Waals surface area contributed by atoms with Crippen LogP contribution < -0.4 is 10.6 Å². The van der Waals surface area contributed by atoms with Crippen molar-refractivity contribution in [3.8, 4) is 0 Å². The summed E-state index contributed by atoms with van der Waals surface area (Å²) >= 11 is 0. The molecule has 2 rings (SSSR count). The van der Waals surface area contributed by atoms with Crippen LogP contribution in [0, 0.1) is 0 Å². The van der Waals surface area contributed by atoms with E-state index in [0.717, 1.165) is 5.56 Å². The van der Waals surface area contributed by atoms with Gasteiger partial charge in [0, 0.05) is 6.54 Å². The SMILES string of the molecule is O=C(NCCO)/C(=C/c1ccccc1)NC(=O)c1ccco1. The Morgan fingerprint density at radius 2 is 1.91 bits per heavy atom. The van der Waals surface area contributed by atoms with Crippen LogP contribution in [0.4, 0.5) is 0 Å². The van der Waals surface area contributed by atoms with E-state index >= 15 is 0 Å². The predicted molar refractivity (Wildman–Crippen MR) is 80.7 cm³/mol. The predicted octanol–water partition coefficient (Wildman–Crippen LogP) is 1.16. The third kappa shape index (κ3) is 4.32. The van der Waals surface area contributed by atoms with Gasteiger partial charge in [-0.05, 0) is 23.8 Å². The fourth-order valence-electron chi connectivity index (χ4n) is 1.73. The second kappa shape index (κ2) is 7.80. The Morgan fingerprint density at radius 3 is 2.55 bits per heavy atom. The van der Waals surface area contributed by atoms with E-state index in [2.05, 4.69) is 10.6 Å². The minimum Gasteiger partial charge on any atom is -0.459 e. The molecule has 0 saturated carbocycles. The minimum absolute atomic E-state index is 0.0704. The Bertz CT molecular complexity index is 648. The summed E-state index contributed by atoms with van der Waals surface area (Å²) in [6.45, 7) is -0.0852. The fraction of sp³-hybridized carbons (Fsp3) is 0.125. The third-order valence-corrected chi connectivity index (χ3v) is 2.75. The molecule has 0 radical (unpaired) electrons. The molecule has 0 bridgehead atoms. The monoisotopic (exact) mass is 300 g/mol. The second-order valence-electron chi connectivity index (χ2n) is 4.38. The molecule has 114 valence electrons. The maximum atomic E-state index is 12.1. The van der Waals surface area contributed by atoms with Gasteiger partial charge in [-0.1, -0.05) is 30.3 Å². The Hall–Kier alpha value is -2.86. The Kier molecular flexibility index (Phi) is 5.50. The summed E-state index contributed by atoms with van der Waals surface area (Å²) in [5.74, 6) is -0.905. The van der Waals surface area contributed by atoms with Crippen LogP contribution in [0.3, 0.4) is 0 Å². The number of benzene rings is 1. The van der Waals surface area contributed by atoms with E-state index in [0.29, 0.717) is 0 Å². The van der Waals surface area contributed by atoms with Crippen molar-refractivity contribution < 1.29 is 19.1 Å². The van der Waals surface area contributed by atoms with E-state index in [9.17, 15) is 9.59 Å². The highest BCUT2D eigenvalue weighted by Gasteiger charge is 2.15. The number of rotatable bonds is 6. The van der Waals surface area contributed by atoms with Crippen LogP contribution in [0.5, 0.6) is 0 Å². The molecule has 2 aromatic rings. The van der Waals surface area contributed by atoms with Gasteiger partial charge in [-0.2, -0.15) is 0 Å². The largest absolute Gasteiger partial charge is 0.459 e. The van der Waals surface area contributed by atoms with Gasteiger partial charge >= 0.3 is 0 Å². The summed E-state index contributed by atoms with van der Waals surface area (Å²) in [5.41, 5.74) is 0.831. The summed E-state index contributed by atoms with van der Waals surface area (Å²) in [4.78, 5) is 24.1. The van der Waals surface area contributed by atoms with E-state index in [1.165, 1.54) is 12.3 Å². The van der Waals surface area contributed by atoms with E-state index in [1.54, 1.807) is 24.3 Å². The number of carbonyl (C=O) groups is 2. The maximum absolute atomic E-state index is 12.1. The molecule has 1 heterocycles. The molecule has 0 saturated heterocycles. The average molecular weight is 300 g/mol. The lowest BCUT2D eigenvalue weighted by Gasteiger charge is -2.09. The third-order valence-electron chi connectivity index (χ3n) is 2.75. The lowest BCUT2D eigenvalue weighted by atomic mass is 10.2. The van der Waals surface area contributed by atoms with Crippen LogP contribution in [0.2, 0.25) is 0 Å². The molecular weight excluding hydrogens is 284 g/mol. The molecule has 0 unspecified atom stereocenters. The van der Waals surface area contributed by atoms with Crippen LogP contribution in [0.15, 0.2) is 58.8 Å². The molecule has 0 aliphatic carbocycles. The van der Waals surface area contributed by atoms with Crippen molar-refractivity contribution in [2.45, 2.75) is 0 Å². The molecule has 0 fully saturated rings. The normalized spacial score (nSPS) is 11.0. The van der Waals surface area contributed by atoms with Gasteiger partial charge in [0.25, 0.3) is 11.8 Å². The number of aliphatic hydroxyl groups is 1. The minimum atomic E-state index is -0.522. The van der Waals surface area contributed by atoms with E-state index in [4.69, 9.17) is 9.52 Å². The maximum Gasteiger partial charge on any atom is 0.291 e. The van der Waals surface area contributed by atoms with Gasteiger partial charge in [-0.25, -0.2) is 0 Å². The van der Waals surface area contributed by atoms with Crippen molar-refractivity contribution in [2.24, 2.45) is 0 Å². The quantitative estimate of drug-likeness (QED) is 0.698. The van der Waals surface area contributed by atoms with E-state index in [-0.39, 0.29) is 24.6 Å². The van der Waals surface area contributed by atoms with E-state index < -0.39 is 11.8 Å². The van der Waals surface area contributed by atoms with Gasteiger partial charge in [0.15, 0.2) is 5.76 Å². The summed E-state index contributed by atoms with van der Waals surface area (Å²) < 4.78 is 5.00. The lowest BCUT2D eigenvalue weighted by Crippen LogP contribution is -2.36. The molecule has 6 heteroatoms. The molecule has 0 spiro atoms. The molecule has 6 nitrogen and oxygen atoms in total. The first-order valence-electron chi connectivity index (χ1n) is 6.71. The lowest BCUT2D eigenvalue weighted by molar-refractivity contribution is -0.117. The Labute approximate surface area is 127 Å². The van der Waals surface area contributed by atoms with Crippen molar-refractivity contribution >= 4 is 17.9 Å². The second-order valence-corrected chi connectivity index (χ2v) is 4.38. The number of hydrogen-bond acceptors (Lipinski definition) is 4. The topological polar surface area (TPSA) is 91.6 Å². The number of hydrogen-bond donors (Lipinski definition) is 3. The van der Waals surface area contributed by atoms with Crippen LogP contribution in [-0.2, 0) is 4.79 Å². The van der Waals surface area contributed by atoms with Crippen molar-refractivity contribution in [1.29, 1.82) is 0 Å². The molecule has 0 aliphatic rings. The van der Waals surface area contributed by atoms with Gasteiger partial charge in [0.05, 0.1) is 12.9 Å². The molecule has 0 aliphatic heterocycles. The van der Waals surface area contributed by atoms with Crippen LogP contribution in [0.1, 0.15) is 16.1 Å². The van der Waals surface area contributed by atoms with Crippen molar-refractivity contribution in [2.75, 3.05) is 13.2 Å². The zero-order chi connectivity index (χ0) is 15.8. The van der Waals surface area contributed by atoms with Gasteiger partial charge in [0.1, 0.15) is 5.70 Å². The van der Waals surface area contributed by atoms with Gasteiger partial charge in [0.2, 0.25) is 0 Å². The highest BCUT2D eigenvalue weighted by atomic mass is 16.3. The molecule has 1 aromatic carbocycles. The van der Waals surface area contributed by atoms with Gasteiger partial charge in [-0.15, -0.1) is 0 Å². The highest BCUT2D eigenvalue weighted by molar-refractivity contribution is 6.04. The summed E-state index contributed by atoms with van der Waals surface area (Å²) in [6.07, 6.45) is 2.93. The molecule has 3 N–H and O–H groups in total. The number of amides is 2. The van der Waals surface area contributed by atoms with Crippen molar-refractivity contribution in [3.05, 3.63) is 65.7 Å². The van der Waals surface area contributed by atoms with Crippen LogP contribution in [-0.4, -0.2) is 30.1 Å². The number of nitrogens with one attached hydrogen (secondary N) is 2. The van der Waals surface area contributed by atoms with E-state index in [1.807, 2.05) is 18.2 Å². The smallest absolute Gasteiger partial charge is 0.291 e.